The van der Waals surface area contributed by atoms with Crippen LogP contribution in [0.3, 0.4) is 0 Å². The number of halogens is 1. The van der Waals surface area contributed by atoms with E-state index in [2.05, 4.69) is 27.7 Å². The minimum Gasteiger partial charge on any atom is -0.367 e. The first kappa shape index (κ1) is 15.7. The number of rotatable bonds is 4. The lowest BCUT2D eigenvalue weighted by atomic mass is 10.2. The van der Waals surface area contributed by atoms with Crippen molar-refractivity contribution in [2.24, 2.45) is 0 Å². The number of nitrogens with zero attached hydrogens (tertiary/aromatic N) is 1. The lowest BCUT2D eigenvalue weighted by Crippen LogP contribution is -2.41. The van der Waals surface area contributed by atoms with Crippen molar-refractivity contribution in [3.8, 4) is 0 Å². The number of benzene rings is 2. The van der Waals surface area contributed by atoms with E-state index in [1.165, 1.54) is 5.69 Å². The van der Waals surface area contributed by atoms with Crippen LogP contribution in [0.5, 0.6) is 0 Å². The lowest BCUT2D eigenvalue weighted by Gasteiger charge is -2.27. The van der Waals surface area contributed by atoms with Gasteiger partial charge in [-0.05, 0) is 37.1 Å². The molecule has 1 heterocycles. The van der Waals surface area contributed by atoms with Crippen molar-refractivity contribution in [3.05, 3.63) is 59.6 Å². The average Bonchev–Trinajstić information content (AvgIpc) is 3.04. The maximum atomic E-state index is 12.1. The number of urea groups is 1. The molecule has 1 saturated heterocycles. The zero-order chi connectivity index (χ0) is 16.1. The molecule has 0 radical (unpaired) electrons. The highest BCUT2D eigenvalue weighted by molar-refractivity contribution is 6.33. The van der Waals surface area contributed by atoms with Crippen molar-refractivity contribution in [3.63, 3.8) is 0 Å². The smallest absolute Gasteiger partial charge is 0.319 e. The van der Waals surface area contributed by atoms with Crippen LogP contribution in [0.1, 0.15) is 12.8 Å². The topological polar surface area (TPSA) is 44.4 Å². The van der Waals surface area contributed by atoms with Crippen molar-refractivity contribution in [2.75, 3.05) is 23.3 Å². The third kappa shape index (κ3) is 3.96. The van der Waals surface area contributed by atoms with Crippen LogP contribution < -0.4 is 15.5 Å². The van der Waals surface area contributed by atoms with E-state index in [1.807, 2.05) is 30.3 Å². The normalized spacial score (nSPS) is 17.1. The summed E-state index contributed by atoms with van der Waals surface area (Å²) in [5.74, 6) is 0. The first-order chi connectivity index (χ1) is 11.2. The number of nitrogens with one attached hydrogen (secondary N) is 2. The van der Waals surface area contributed by atoms with Crippen molar-refractivity contribution in [1.82, 2.24) is 5.32 Å². The molecule has 2 aromatic carbocycles. The van der Waals surface area contributed by atoms with E-state index in [4.69, 9.17) is 11.6 Å². The van der Waals surface area contributed by atoms with Crippen molar-refractivity contribution >= 4 is 29.0 Å². The van der Waals surface area contributed by atoms with Crippen LogP contribution >= 0.6 is 11.6 Å². The van der Waals surface area contributed by atoms with Gasteiger partial charge in [0.05, 0.1) is 10.7 Å². The van der Waals surface area contributed by atoms with Crippen LogP contribution in [0.15, 0.2) is 54.6 Å². The Balaban J connectivity index is 1.55. The maximum absolute atomic E-state index is 12.1. The molecule has 0 bridgehead atoms. The predicted molar refractivity (Wildman–Crippen MR) is 95.3 cm³/mol. The van der Waals surface area contributed by atoms with Gasteiger partial charge in [-0.2, -0.15) is 0 Å². The molecule has 0 saturated carbocycles. The van der Waals surface area contributed by atoms with Crippen LogP contribution in [-0.4, -0.2) is 25.2 Å². The van der Waals surface area contributed by atoms with Gasteiger partial charge in [-0.15, -0.1) is 0 Å². The molecule has 0 spiro atoms. The number of hydrogen-bond donors (Lipinski definition) is 2. The Morgan fingerprint density at radius 1 is 1.13 bits per heavy atom. The Labute approximate surface area is 141 Å². The number of para-hydroxylation sites is 2. The number of hydrogen-bond acceptors (Lipinski definition) is 2. The van der Waals surface area contributed by atoms with E-state index in [0.29, 0.717) is 23.3 Å². The van der Waals surface area contributed by atoms with Crippen molar-refractivity contribution < 1.29 is 4.79 Å². The second-order valence-electron chi connectivity index (χ2n) is 5.64. The van der Waals surface area contributed by atoms with E-state index in [-0.39, 0.29) is 6.03 Å². The molecule has 2 aromatic rings. The quantitative estimate of drug-likeness (QED) is 0.885. The highest BCUT2D eigenvalue weighted by Crippen LogP contribution is 2.25. The van der Waals surface area contributed by atoms with Crippen LogP contribution in [0.25, 0.3) is 0 Å². The van der Waals surface area contributed by atoms with Gasteiger partial charge in [0.25, 0.3) is 0 Å². The molecule has 5 heteroatoms. The van der Waals surface area contributed by atoms with E-state index in [1.54, 1.807) is 12.1 Å². The lowest BCUT2D eigenvalue weighted by molar-refractivity contribution is 0.251. The molecule has 2 amide bonds. The maximum Gasteiger partial charge on any atom is 0.319 e. The van der Waals surface area contributed by atoms with Gasteiger partial charge in [0.15, 0.2) is 0 Å². The molecule has 1 fully saturated rings. The molecule has 0 aliphatic carbocycles. The van der Waals surface area contributed by atoms with Gasteiger partial charge in [0.1, 0.15) is 0 Å². The predicted octanol–water partition coefficient (Wildman–Crippen LogP) is 4.13. The molecule has 0 aromatic heterocycles. The highest BCUT2D eigenvalue weighted by atomic mass is 35.5. The number of anilines is 2. The minimum atomic E-state index is -0.224. The molecule has 1 aliphatic rings. The largest absolute Gasteiger partial charge is 0.367 e. The van der Waals surface area contributed by atoms with Gasteiger partial charge in [0, 0.05) is 24.8 Å². The van der Waals surface area contributed by atoms with Gasteiger partial charge in [-0.3, -0.25) is 0 Å². The molecule has 3 rings (SSSR count). The molecule has 2 N–H and O–H groups in total. The van der Waals surface area contributed by atoms with Crippen molar-refractivity contribution in [2.45, 2.75) is 18.9 Å². The monoisotopic (exact) mass is 329 g/mol. The second-order valence-corrected chi connectivity index (χ2v) is 6.05. The van der Waals surface area contributed by atoms with Crippen LogP contribution in [0.2, 0.25) is 5.02 Å². The zero-order valence-electron chi connectivity index (χ0n) is 12.8. The summed E-state index contributed by atoms with van der Waals surface area (Å²) in [7, 11) is 0. The van der Waals surface area contributed by atoms with E-state index < -0.39 is 0 Å². The fraction of sp³-hybridized carbons (Fsp3) is 0.278. The molecule has 1 aliphatic heterocycles. The molecule has 1 unspecified atom stereocenters. The van der Waals surface area contributed by atoms with Gasteiger partial charge in [-0.1, -0.05) is 41.9 Å². The van der Waals surface area contributed by atoms with E-state index in [0.717, 1.165) is 19.4 Å². The molecular formula is C18H20ClN3O. The van der Waals surface area contributed by atoms with Gasteiger partial charge < -0.3 is 15.5 Å². The van der Waals surface area contributed by atoms with Crippen LogP contribution in [-0.2, 0) is 0 Å². The third-order valence-electron chi connectivity index (χ3n) is 4.09. The molecule has 1 atom stereocenters. The minimum absolute atomic E-state index is 0.224. The second kappa shape index (κ2) is 7.38. The summed E-state index contributed by atoms with van der Waals surface area (Å²) in [6.45, 7) is 1.65. The summed E-state index contributed by atoms with van der Waals surface area (Å²) >= 11 is 6.05. The van der Waals surface area contributed by atoms with Gasteiger partial charge in [-0.25, -0.2) is 4.79 Å². The summed E-state index contributed by atoms with van der Waals surface area (Å²) in [6.07, 6.45) is 2.23. The fourth-order valence-electron chi connectivity index (χ4n) is 2.95. The molecule has 120 valence electrons. The SMILES string of the molecule is O=C(NCC1CCCN1c1ccccc1)Nc1ccccc1Cl. The van der Waals surface area contributed by atoms with Crippen molar-refractivity contribution in [1.29, 1.82) is 0 Å². The summed E-state index contributed by atoms with van der Waals surface area (Å²) in [5.41, 5.74) is 1.83. The third-order valence-corrected chi connectivity index (χ3v) is 4.41. The summed E-state index contributed by atoms with van der Waals surface area (Å²) < 4.78 is 0. The van der Waals surface area contributed by atoms with Gasteiger partial charge >= 0.3 is 6.03 Å². The Morgan fingerprint density at radius 2 is 1.87 bits per heavy atom. The van der Waals surface area contributed by atoms with E-state index in [9.17, 15) is 4.79 Å². The zero-order valence-corrected chi connectivity index (χ0v) is 13.6. The molecule has 23 heavy (non-hydrogen) atoms. The fourth-order valence-corrected chi connectivity index (χ4v) is 3.13. The molecular weight excluding hydrogens is 310 g/mol. The first-order valence-electron chi connectivity index (χ1n) is 7.85. The molecule has 4 nitrogen and oxygen atoms in total. The number of carbonyl (C=O) groups is 1. The Morgan fingerprint density at radius 3 is 2.65 bits per heavy atom. The summed E-state index contributed by atoms with van der Waals surface area (Å²) in [5, 5.41) is 6.27. The summed E-state index contributed by atoms with van der Waals surface area (Å²) in [6, 6.07) is 17.7. The number of carbonyl (C=O) groups excluding carboxylic acids is 1. The average molecular weight is 330 g/mol. The Hall–Kier alpha value is -2.20. The summed E-state index contributed by atoms with van der Waals surface area (Å²) in [4.78, 5) is 14.4. The van der Waals surface area contributed by atoms with E-state index >= 15 is 0 Å². The Bertz CT molecular complexity index is 662. The van der Waals surface area contributed by atoms with Gasteiger partial charge in [0.2, 0.25) is 0 Å². The standard InChI is InChI=1S/C18H20ClN3O/c19-16-10-4-5-11-17(16)21-18(23)20-13-15-9-6-12-22(15)14-7-2-1-3-8-14/h1-5,7-8,10-11,15H,6,9,12-13H2,(H2,20,21,23). The Kier molecular flexibility index (Phi) is 5.03. The highest BCUT2D eigenvalue weighted by Gasteiger charge is 2.24. The van der Waals surface area contributed by atoms with Crippen LogP contribution in [0.4, 0.5) is 16.2 Å². The van der Waals surface area contributed by atoms with Crippen LogP contribution in [0, 0.1) is 0 Å². The first-order valence-corrected chi connectivity index (χ1v) is 8.23. The number of amides is 2.